The summed E-state index contributed by atoms with van der Waals surface area (Å²) in [5, 5.41) is 4.80. The lowest BCUT2D eigenvalue weighted by molar-refractivity contribution is -0.128. The molecule has 1 atom stereocenters. The van der Waals surface area contributed by atoms with E-state index < -0.39 is 6.23 Å². The van der Waals surface area contributed by atoms with E-state index >= 15 is 0 Å². The number of amides is 1. The van der Waals surface area contributed by atoms with Crippen molar-refractivity contribution in [1.82, 2.24) is 24.6 Å². The Morgan fingerprint density at radius 2 is 1.89 bits per heavy atom. The predicted molar refractivity (Wildman–Crippen MR) is 132 cm³/mol. The molecule has 6 rings (SSSR count). The van der Waals surface area contributed by atoms with Crippen LogP contribution >= 0.6 is 15.9 Å². The number of hydrogen-bond donors (Lipinski definition) is 2. The first kappa shape index (κ1) is 21.6. The number of aromatic nitrogens is 4. The summed E-state index contributed by atoms with van der Waals surface area (Å²) in [6, 6.07) is 15.4. The summed E-state index contributed by atoms with van der Waals surface area (Å²) in [5.41, 5.74) is 5.42. The maximum absolute atomic E-state index is 12.8. The van der Waals surface area contributed by atoms with Gasteiger partial charge in [-0.1, -0.05) is 22.0 Å². The smallest absolute Gasteiger partial charge is 0.323 e. The predicted octanol–water partition coefficient (Wildman–Crippen LogP) is 4.16. The van der Waals surface area contributed by atoms with Gasteiger partial charge in [-0.15, -0.1) is 0 Å². The first-order chi connectivity index (χ1) is 17.0. The second-order valence-electron chi connectivity index (χ2n) is 8.33. The fourth-order valence-electron chi connectivity index (χ4n) is 4.36. The van der Waals surface area contributed by atoms with E-state index in [1.54, 1.807) is 22.1 Å². The van der Waals surface area contributed by atoms with Crippen LogP contribution in [0.2, 0.25) is 0 Å². The number of rotatable bonds is 6. The Bertz CT molecular complexity index is 1570. The van der Waals surface area contributed by atoms with Crippen LogP contribution in [0.1, 0.15) is 17.4 Å². The number of nitrogens with zero attached hydrogens (tertiary/aromatic N) is 3. The first-order valence-electron chi connectivity index (χ1n) is 11.1. The second kappa shape index (κ2) is 8.71. The molecule has 0 radical (unpaired) electrons. The number of nitrogens with one attached hydrogen (secondary N) is 2. The van der Waals surface area contributed by atoms with Crippen molar-refractivity contribution < 1.29 is 13.9 Å². The standard InChI is InChI=1S/C25H20BrN5O4/c26-17-2-4-18(5-3-17)31-12-19(23(29-31)16-8-10-34-13-16)24-30(22(32)14-35-24)9-7-15-1-6-20-21(11-15)28-25(33)27-20/h1-6,8,10-13,24H,7,9,14H2,(H2,27,28,33). The Balaban J connectivity index is 1.32. The third kappa shape index (κ3) is 4.11. The molecule has 1 aliphatic rings. The molecular weight excluding hydrogens is 514 g/mol. The Hall–Kier alpha value is -3.89. The van der Waals surface area contributed by atoms with Gasteiger partial charge in [0.2, 0.25) is 0 Å². The monoisotopic (exact) mass is 533 g/mol. The molecule has 35 heavy (non-hydrogen) atoms. The fourth-order valence-corrected chi connectivity index (χ4v) is 4.62. The zero-order valence-electron chi connectivity index (χ0n) is 18.4. The minimum atomic E-state index is -0.576. The Labute approximate surface area is 207 Å². The number of H-pyrrole nitrogens is 2. The van der Waals surface area contributed by atoms with E-state index in [0.717, 1.165) is 37.9 Å². The molecule has 176 valence electrons. The SMILES string of the molecule is O=C1COC(c2cn(-c3ccc(Br)cc3)nc2-c2ccoc2)N1CCc1ccc2[nH]c(=O)[nH]c2c1. The van der Waals surface area contributed by atoms with Gasteiger partial charge in [-0.25, -0.2) is 9.48 Å². The molecule has 2 N–H and O–H groups in total. The molecular formula is C25H20BrN5O4. The molecule has 5 aromatic rings. The molecule has 4 heterocycles. The molecule has 1 fully saturated rings. The second-order valence-corrected chi connectivity index (χ2v) is 9.24. The third-order valence-corrected chi connectivity index (χ3v) is 6.61. The number of imidazole rings is 1. The highest BCUT2D eigenvalue weighted by molar-refractivity contribution is 9.10. The van der Waals surface area contributed by atoms with Gasteiger partial charge in [0.15, 0.2) is 6.23 Å². The molecule has 0 saturated carbocycles. The highest BCUT2D eigenvalue weighted by atomic mass is 79.9. The molecule has 0 bridgehead atoms. The van der Waals surface area contributed by atoms with Gasteiger partial charge in [-0.3, -0.25) is 4.79 Å². The van der Waals surface area contributed by atoms with Gasteiger partial charge in [0, 0.05) is 28.3 Å². The van der Waals surface area contributed by atoms with Gasteiger partial charge in [0.1, 0.15) is 12.3 Å². The maximum atomic E-state index is 12.8. The normalized spacial score (nSPS) is 16.0. The summed E-state index contributed by atoms with van der Waals surface area (Å²) in [4.78, 5) is 31.6. The van der Waals surface area contributed by atoms with Crippen molar-refractivity contribution in [2.75, 3.05) is 13.2 Å². The minimum absolute atomic E-state index is 0.00310. The van der Waals surface area contributed by atoms with Crippen LogP contribution < -0.4 is 5.69 Å². The minimum Gasteiger partial charge on any atom is -0.472 e. The van der Waals surface area contributed by atoms with E-state index in [4.69, 9.17) is 14.3 Å². The van der Waals surface area contributed by atoms with E-state index in [2.05, 4.69) is 25.9 Å². The van der Waals surface area contributed by atoms with Gasteiger partial charge in [-0.05, 0) is 54.4 Å². The molecule has 0 spiro atoms. The molecule has 1 aliphatic heterocycles. The lowest BCUT2D eigenvalue weighted by Crippen LogP contribution is -2.30. The number of aromatic amines is 2. The van der Waals surface area contributed by atoms with E-state index in [1.807, 2.05) is 54.7 Å². The van der Waals surface area contributed by atoms with Gasteiger partial charge in [0.05, 0.1) is 29.2 Å². The zero-order chi connectivity index (χ0) is 23.9. The number of benzene rings is 2. The molecule has 1 unspecified atom stereocenters. The molecule has 9 nitrogen and oxygen atoms in total. The van der Waals surface area contributed by atoms with Crippen LogP contribution in [0.4, 0.5) is 0 Å². The van der Waals surface area contributed by atoms with Gasteiger partial charge in [-0.2, -0.15) is 5.10 Å². The summed E-state index contributed by atoms with van der Waals surface area (Å²) in [5.74, 6) is -0.0827. The quantitative estimate of drug-likeness (QED) is 0.340. The molecule has 1 amide bonds. The van der Waals surface area contributed by atoms with Crippen LogP contribution in [0.25, 0.3) is 28.0 Å². The van der Waals surface area contributed by atoms with Gasteiger partial charge in [0.25, 0.3) is 5.91 Å². The zero-order valence-corrected chi connectivity index (χ0v) is 20.0. The van der Waals surface area contributed by atoms with E-state index in [1.165, 1.54) is 0 Å². The van der Waals surface area contributed by atoms with Crippen molar-refractivity contribution >= 4 is 32.9 Å². The van der Waals surface area contributed by atoms with Crippen molar-refractivity contribution in [2.45, 2.75) is 12.6 Å². The van der Waals surface area contributed by atoms with E-state index in [9.17, 15) is 9.59 Å². The largest absolute Gasteiger partial charge is 0.472 e. The van der Waals surface area contributed by atoms with Crippen LogP contribution in [-0.4, -0.2) is 43.7 Å². The number of hydrogen-bond acceptors (Lipinski definition) is 5. The lowest BCUT2D eigenvalue weighted by Gasteiger charge is -2.23. The van der Waals surface area contributed by atoms with Crippen LogP contribution in [-0.2, 0) is 16.0 Å². The third-order valence-electron chi connectivity index (χ3n) is 6.08. The summed E-state index contributed by atoms with van der Waals surface area (Å²) in [7, 11) is 0. The average Bonchev–Trinajstić information content (AvgIpc) is 3.63. The molecule has 1 saturated heterocycles. The molecule has 2 aromatic carbocycles. The van der Waals surface area contributed by atoms with Crippen LogP contribution in [0.5, 0.6) is 0 Å². The first-order valence-corrected chi connectivity index (χ1v) is 11.8. The number of carbonyl (C=O) groups excluding carboxylic acids is 1. The number of furan rings is 1. The highest BCUT2D eigenvalue weighted by Crippen LogP contribution is 2.35. The number of carbonyl (C=O) groups is 1. The van der Waals surface area contributed by atoms with Gasteiger partial charge >= 0.3 is 5.69 Å². The van der Waals surface area contributed by atoms with Crippen molar-refractivity contribution in [3.8, 4) is 16.9 Å². The lowest BCUT2D eigenvalue weighted by atomic mass is 10.1. The van der Waals surface area contributed by atoms with Crippen LogP contribution in [0.3, 0.4) is 0 Å². The number of fused-ring (bicyclic) bond motifs is 1. The summed E-state index contributed by atoms with van der Waals surface area (Å²) in [6.07, 6.45) is 5.16. The Kier molecular flexibility index (Phi) is 5.39. The summed E-state index contributed by atoms with van der Waals surface area (Å²) >= 11 is 3.46. The topological polar surface area (TPSA) is 109 Å². The van der Waals surface area contributed by atoms with E-state index in [0.29, 0.717) is 18.7 Å². The van der Waals surface area contributed by atoms with Crippen molar-refractivity contribution in [1.29, 1.82) is 0 Å². The van der Waals surface area contributed by atoms with Crippen molar-refractivity contribution in [3.05, 3.63) is 93.3 Å². The summed E-state index contributed by atoms with van der Waals surface area (Å²) < 4.78 is 14.0. The van der Waals surface area contributed by atoms with E-state index in [-0.39, 0.29) is 18.2 Å². The maximum Gasteiger partial charge on any atom is 0.323 e. The average molecular weight is 534 g/mol. The fraction of sp³-hybridized carbons (Fsp3) is 0.160. The Morgan fingerprint density at radius 1 is 1.06 bits per heavy atom. The molecule has 0 aliphatic carbocycles. The summed E-state index contributed by atoms with van der Waals surface area (Å²) in [6.45, 7) is 0.459. The van der Waals surface area contributed by atoms with Gasteiger partial charge < -0.3 is 24.0 Å². The van der Waals surface area contributed by atoms with Crippen LogP contribution in [0, 0.1) is 0 Å². The van der Waals surface area contributed by atoms with Crippen molar-refractivity contribution in [2.24, 2.45) is 0 Å². The highest BCUT2D eigenvalue weighted by Gasteiger charge is 2.36. The molecule has 3 aromatic heterocycles. The van der Waals surface area contributed by atoms with Crippen LogP contribution in [0.15, 0.2) is 80.9 Å². The Morgan fingerprint density at radius 3 is 2.69 bits per heavy atom. The molecule has 10 heteroatoms. The van der Waals surface area contributed by atoms with Crippen molar-refractivity contribution in [3.63, 3.8) is 0 Å². The number of ether oxygens (including phenoxy) is 1. The number of halogens is 1.